The first kappa shape index (κ1) is 18.6. The molecule has 0 aliphatic carbocycles. The van der Waals surface area contributed by atoms with E-state index in [0.29, 0.717) is 23.2 Å². The van der Waals surface area contributed by atoms with Crippen LogP contribution in [0.3, 0.4) is 0 Å². The Morgan fingerprint density at radius 2 is 2.00 bits per heavy atom. The molecule has 0 fully saturated rings. The lowest BCUT2D eigenvalue weighted by atomic mass is 10.2. The van der Waals surface area contributed by atoms with Gasteiger partial charge in [-0.25, -0.2) is 4.98 Å². The number of aromatic nitrogens is 2. The first-order chi connectivity index (χ1) is 14.7. The molecule has 1 aliphatic rings. The number of amides is 1. The monoisotopic (exact) mass is 417 g/mol. The lowest BCUT2D eigenvalue weighted by molar-refractivity contribution is -0.127. The van der Waals surface area contributed by atoms with Gasteiger partial charge in [-0.15, -0.1) is 0 Å². The van der Waals surface area contributed by atoms with Gasteiger partial charge in [0, 0.05) is 12.4 Å². The van der Waals surface area contributed by atoms with Crippen LogP contribution < -0.4 is 14.4 Å². The number of ether oxygens (including phenoxy) is 2. The molecule has 7 heteroatoms. The Morgan fingerprint density at radius 3 is 2.80 bits per heavy atom. The Morgan fingerprint density at radius 1 is 1.13 bits per heavy atom. The number of fused-ring (bicyclic) bond motifs is 2. The summed E-state index contributed by atoms with van der Waals surface area (Å²) < 4.78 is 12.8. The van der Waals surface area contributed by atoms with Gasteiger partial charge in [-0.3, -0.25) is 14.7 Å². The molecule has 1 amide bonds. The van der Waals surface area contributed by atoms with Crippen molar-refractivity contribution in [2.75, 3.05) is 11.5 Å². The molecule has 4 aromatic rings. The number of aryl methyl sites for hydroxylation is 1. The van der Waals surface area contributed by atoms with Crippen LogP contribution in [0.2, 0.25) is 0 Å². The summed E-state index contributed by atoms with van der Waals surface area (Å²) in [5, 5.41) is 0.635. The normalized spacial score (nSPS) is 15.2. The summed E-state index contributed by atoms with van der Waals surface area (Å²) in [5.41, 5.74) is 2.90. The molecule has 5 rings (SSSR count). The number of benzene rings is 2. The molecule has 0 bridgehead atoms. The number of para-hydroxylation sites is 3. The fraction of sp³-hybridized carbons (Fsp3) is 0.174. The van der Waals surface area contributed by atoms with E-state index in [2.05, 4.69) is 4.98 Å². The zero-order valence-corrected chi connectivity index (χ0v) is 17.1. The third-order valence-corrected chi connectivity index (χ3v) is 6.00. The van der Waals surface area contributed by atoms with Crippen LogP contribution in [0.25, 0.3) is 10.2 Å². The van der Waals surface area contributed by atoms with Crippen LogP contribution >= 0.6 is 11.3 Å². The van der Waals surface area contributed by atoms with Gasteiger partial charge in [0.1, 0.15) is 6.61 Å². The average Bonchev–Trinajstić information content (AvgIpc) is 3.23. The Labute approximate surface area is 177 Å². The fourth-order valence-corrected chi connectivity index (χ4v) is 4.47. The van der Waals surface area contributed by atoms with Gasteiger partial charge >= 0.3 is 0 Å². The lowest BCUT2D eigenvalue weighted by Crippen LogP contribution is -2.46. The highest BCUT2D eigenvalue weighted by atomic mass is 32.1. The maximum absolute atomic E-state index is 13.5. The Bertz CT molecular complexity index is 1210. The molecule has 2 aromatic heterocycles. The largest absolute Gasteiger partial charge is 0.485 e. The lowest BCUT2D eigenvalue weighted by Gasteiger charge is -2.29. The minimum Gasteiger partial charge on any atom is -0.485 e. The molecule has 0 spiro atoms. The summed E-state index contributed by atoms with van der Waals surface area (Å²) in [5.74, 6) is 1.03. The number of hydrogen-bond donors (Lipinski definition) is 0. The van der Waals surface area contributed by atoms with Crippen molar-refractivity contribution < 1.29 is 14.3 Å². The number of thiazole rings is 1. The second-order valence-electron chi connectivity index (χ2n) is 7.07. The second kappa shape index (κ2) is 7.76. The zero-order chi connectivity index (χ0) is 20.5. The molecule has 0 saturated carbocycles. The first-order valence-electron chi connectivity index (χ1n) is 9.64. The molecule has 1 aliphatic heterocycles. The van der Waals surface area contributed by atoms with E-state index in [0.717, 1.165) is 21.3 Å². The van der Waals surface area contributed by atoms with Crippen molar-refractivity contribution in [2.24, 2.45) is 0 Å². The molecule has 6 nitrogen and oxygen atoms in total. The molecule has 150 valence electrons. The molecule has 0 saturated heterocycles. The van der Waals surface area contributed by atoms with Gasteiger partial charge < -0.3 is 9.47 Å². The summed E-state index contributed by atoms with van der Waals surface area (Å²) in [6.07, 6.45) is 2.72. The van der Waals surface area contributed by atoms with Gasteiger partial charge in [0.05, 0.1) is 16.8 Å². The third kappa shape index (κ3) is 3.48. The van der Waals surface area contributed by atoms with Crippen molar-refractivity contribution in [1.82, 2.24) is 9.97 Å². The highest BCUT2D eigenvalue weighted by Gasteiger charge is 2.33. The van der Waals surface area contributed by atoms with E-state index in [9.17, 15) is 4.79 Å². The van der Waals surface area contributed by atoms with Gasteiger partial charge in [-0.05, 0) is 42.3 Å². The van der Waals surface area contributed by atoms with Gasteiger partial charge in [0.2, 0.25) is 6.10 Å². The number of pyridine rings is 1. The van der Waals surface area contributed by atoms with Crippen molar-refractivity contribution in [3.63, 3.8) is 0 Å². The molecule has 0 N–H and O–H groups in total. The third-order valence-electron chi connectivity index (χ3n) is 4.95. The molecule has 3 heterocycles. The Balaban J connectivity index is 1.50. The fourth-order valence-electron chi connectivity index (χ4n) is 3.42. The van der Waals surface area contributed by atoms with Crippen LogP contribution in [0.4, 0.5) is 5.13 Å². The van der Waals surface area contributed by atoms with Crippen molar-refractivity contribution in [2.45, 2.75) is 19.6 Å². The van der Waals surface area contributed by atoms with E-state index < -0.39 is 6.10 Å². The summed E-state index contributed by atoms with van der Waals surface area (Å²) in [7, 11) is 0. The van der Waals surface area contributed by atoms with Crippen molar-refractivity contribution in [3.8, 4) is 11.5 Å². The SMILES string of the molecule is Cc1cccc2sc(N(Cc3cccnc3)C(=O)[C@H]3COc4ccccc4O3)nc12. The maximum Gasteiger partial charge on any atom is 0.273 e. The summed E-state index contributed by atoms with van der Waals surface area (Å²) in [6, 6.07) is 17.2. The van der Waals surface area contributed by atoms with Crippen LogP contribution in [0.5, 0.6) is 11.5 Å². The van der Waals surface area contributed by atoms with Crippen molar-refractivity contribution >= 4 is 32.6 Å². The number of carbonyl (C=O) groups is 1. The summed E-state index contributed by atoms with van der Waals surface area (Å²) in [4.78, 5) is 24.2. The van der Waals surface area contributed by atoms with Crippen LogP contribution in [-0.4, -0.2) is 28.6 Å². The zero-order valence-electron chi connectivity index (χ0n) is 16.3. The standard InChI is InChI=1S/C23H19N3O3S/c1-15-6-4-10-20-21(15)25-23(30-20)26(13-16-7-5-11-24-12-16)22(27)19-14-28-17-8-2-3-9-18(17)29-19/h2-12,19H,13-14H2,1H3/t19-/m1/s1. The molecule has 1 atom stereocenters. The number of hydrogen-bond acceptors (Lipinski definition) is 6. The number of rotatable bonds is 4. The van der Waals surface area contributed by atoms with Gasteiger partial charge in [-0.2, -0.15) is 0 Å². The minimum absolute atomic E-state index is 0.156. The van der Waals surface area contributed by atoms with E-state index in [1.165, 1.54) is 11.3 Å². The predicted molar refractivity (Wildman–Crippen MR) is 116 cm³/mol. The molecule has 0 unspecified atom stereocenters. The Hall–Kier alpha value is -3.45. The van der Waals surface area contributed by atoms with Crippen LogP contribution in [-0.2, 0) is 11.3 Å². The maximum atomic E-state index is 13.5. The van der Waals surface area contributed by atoms with E-state index in [4.69, 9.17) is 14.5 Å². The van der Waals surface area contributed by atoms with E-state index in [-0.39, 0.29) is 12.5 Å². The number of anilines is 1. The Kier molecular flexibility index (Phi) is 4.80. The van der Waals surface area contributed by atoms with E-state index in [1.54, 1.807) is 23.4 Å². The topological polar surface area (TPSA) is 64.6 Å². The van der Waals surface area contributed by atoms with Crippen molar-refractivity contribution in [3.05, 3.63) is 78.1 Å². The molecular formula is C23H19N3O3S. The van der Waals surface area contributed by atoms with E-state index in [1.807, 2.05) is 55.5 Å². The average molecular weight is 417 g/mol. The molecule has 0 radical (unpaired) electrons. The van der Waals surface area contributed by atoms with Crippen LogP contribution in [0.15, 0.2) is 67.0 Å². The molecule has 30 heavy (non-hydrogen) atoms. The number of nitrogens with zero attached hydrogens (tertiary/aromatic N) is 3. The smallest absolute Gasteiger partial charge is 0.273 e. The summed E-state index contributed by atoms with van der Waals surface area (Å²) in [6.45, 7) is 2.53. The molecule has 2 aromatic carbocycles. The van der Waals surface area contributed by atoms with Crippen molar-refractivity contribution in [1.29, 1.82) is 0 Å². The van der Waals surface area contributed by atoms with Gasteiger partial charge in [0.25, 0.3) is 5.91 Å². The minimum atomic E-state index is -0.746. The first-order valence-corrected chi connectivity index (χ1v) is 10.5. The highest BCUT2D eigenvalue weighted by Crippen LogP contribution is 2.34. The second-order valence-corrected chi connectivity index (χ2v) is 8.08. The van der Waals surface area contributed by atoms with Gasteiger partial charge in [0.15, 0.2) is 16.6 Å². The van der Waals surface area contributed by atoms with Crippen LogP contribution in [0.1, 0.15) is 11.1 Å². The van der Waals surface area contributed by atoms with E-state index >= 15 is 0 Å². The predicted octanol–water partition coefficient (Wildman–Crippen LogP) is 4.37. The number of carbonyl (C=O) groups excluding carboxylic acids is 1. The highest BCUT2D eigenvalue weighted by molar-refractivity contribution is 7.22. The van der Waals surface area contributed by atoms with Gasteiger partial charge in [-0.1, -0.05) is 41.7 Å². The molecular weight excluding hydrogens is 398 g/mol. The summed E-state index contributed by atoms with van der Waals surface area (Å²) >= 11 is 1.49. The van der Waals surface area contributed by atoms with Crippen LogP contribution in [0, 0.1) is 6.92 Å². The quantitative estimate of drug-likeness (QED) is 0.493.